The summed E-state index contributed by atoms with van der Waals surface area (Å²) in [5.74, 6) is 0.236. The van der Waals surface area contributed by atoms with Gasteiger partial charge >= 0.3 is 5.69 Å². The molecule has 2 aromatic carbocycles. The standard InChI is InChI=1S/C13H11N3O5/c1-8-2-4-12(16(19)20)13(6-8)21-9-3-5-11(15(17)18)10(14)7-9/h2-7H,14H2,1H3. The maximum atomic E-state index is 10.9. The fourth-order valence-electron chi connectivity index (χ4n) is 1.74. The molecular weight excluding hydrogens is 278 g/mol. The monoisotopic (exact) mass is 289 g/mol. The summed E-state index contributed by atoms with van der Waals surface area (Å²) < 4.78 is 5.42. The summed E-state index contributed by atoms with van der Waals surface area (Å²) in [5.41, 5.74) is 5.81. The average molecular weight is 289 g/mol. The molecule has 2 N–H and O–H groups in total. The normalized spacial score (nSPS) is 10.1. The lowest BCUT2D eigenvalue weighted by molar-refractivity contribution is -0.385. The number of nitrogen functional groups attached to an aromatic ring is 1. The molecule has 0 aromatic heterocycles. The molecule has 2 rings (SSSR count). The molecule has 8 nitrogen and oxygen atoms in total. The van der Waals surface area contributed by atoms with E-state index in [4.69, 9.17) is 10.5 Å². The van der Waals surface area contributed by atoms with Crippen LogP contribution in [0.5, 0.6) is 11.5 Å². The predicted molar refractivity (Wildman–Crippen MR) is 75.4 cm³/mol. The number of benzene rings is 2. The highest BCUT2D eigenvalue weighted by molar-refractivity contribution is 5.61. The van der Waals surface area contributed by atoms with Gasteiger partial charge in [0, 0.05) is 18.2 Å². The molecule has 0 amide bonds. The van der Waals surface area contributed by atoms with Crippen molar-refractivity contribution < 1.29 is 14.6 Å². The maximum absolute atomic E-state index is 10.9. The SMILES string of the molecule is Cc1ccc([N+](=O)[O-])c(Oc2ccc([N+](=O)[O-])c(N)c2)c1. The van der Waals surface area contributed by atoms with Gasteiger partial charge in [-0.05, 0) is 24.6 Å². The Balaban J connectivity index is 2.38. The largest absolute Gasteiger partial charge is 0.450 e. The zero-order valence-corrected chi connectivity index (χ0v) is 11.0. The topological polar surface area (TPSA) is 122 Å². The van der Waals surface area contributed by atoms with E-state index in [9.17, 15) is 20.2 Å². The van der Waals surface area contributed by atoms with Crippen molar-refractivity contribution in [1.82, 2.24) is 0 Å². The first-order valence-electron chi connectivity index (χ1n) is 5.85. The Morgan fingerprint density at radius 2 is 1.62 bits per heavy atom. The third-order valence-electron chi connectivity index (χ3n) is 2.74. The van der Waals surface area contributed by atoms with Crippen LogP contribution < -0.4 is 10.5 Å². The number of hydrogen-bond acceptors (Lipinski definition) is 6. The molecule has 0 unspecified atom stereocenters. The van der Waals surface area contributed by atoms with Crippen molar-refractivity contribution in [2.75, 3.05) is 5.73 Å². The molecule has 108 valence electrons. The van der Waals surface area contributed by atoms with Crippen molar-refractivity contribution in [3.8, 4) is 11.5 Å². The second kappa shape index (κ2) is 5.45. The number of rotatable bonds is 4. The highest BCUT2D eigenvalue weighted by Gasteiger charge is 2.17. The lowest BCUT2D eigenvalue weighted by Gasteiger charge is -2.08. The van der Waals surface area contributed by atoms with Crippen molar-refractivity contribution in [3.05, 3.63) is 62.2 Å². The van der Waals surface area contributed by atoms with Crippen molar-refractivity contribution in [2.45, 2.75) is 6.92 Å². The third kappa shape index (κ3) is 3.06. The lowest BCUT2D eigenvalue weighted by atomic mass is 10.2. The Morgan fingerprint density at radius 3 is 2.19 bits per heavy atom. The zero-order valence-electron chi connectivity index (χ0n) is 11.0. The van der Waals surface area contributed by atoms with Crippen LogP contribution in [0.25, 0.3) is 0 Å². The quantitative estimate of drug-likeness (QED) is 0.524. The lowest BCUT2D eigenvalue weighted by Crippen LogP contribution is -1.97. The second-order valence-electron chi connectivity index (χ2n) is 4.31. The zero-order chi connectivity index (χ0) is 15.6. The van der Waals surface area contributed by atoms with E-state index in [1.807, 2.05) is 0 Å². The molecule has 0 aliphatic rings. The summed E-state index contributed by atoms with van der Waals surface area (Å²) in [6.45, 7) is 1.76. The third-order valence-corrected chi connectivity index (χ3v) is 2.74. The number of nitrogens with two attached hydrogens (primary N) is 1. The van der Waals surface area contributed by atoms with Gasteiger partial charge in [-0.3, -0.25) is 20.2 Å². The minimum absolute atomic E-state index is 0.0493. The van der Waals surface area contributed by atoms with Crippen molar-refractivity contribution >= 4 is 17.1 Å². The predicted octanol–water partition coefficient (Wildman–Crippen LogP) is 3.19. The van der Waals surface area contributed by atoms with Crippen LogP contribution in [0.3, 0.4) is 0 Å². The number of nitro groups is 2. The number of nitro benzene ring substituents is 2. The van der Waals surface area contributed by atoms with Crippen LogP contribution in [-0.2, 0) is 0 Å². The van der Waals surface area contributed by atoms with Crippen molar-refractivity contribution in [2.24, 2.45) is 0 Å². The first kappa shape index (κ1) is 14.3. The fraction of sp³-hybridized carbons (Fsp3) is 0.0769. The first-order valence-corrected chi connectivity index (χ1v) is 5.85. The Labute approximate surface area is 119 Å². The summed E-state index contributed by atoms with van der Waals surface area (Å²) in [6, 6.07) is 8.21. The van der Waals surface area contributed by atoms with Crippen molar-refractivity contribution in [3.63, 3.8) is 0 Å². The van der Waals surface area contributed by atoms with E-state index in [-0.39, 0.29) is 28.6 Å². The van der Waals surface area contributed by atoms with Gasteiger partial charge in [-0.1, -0.05) is 6.07 Å². The van der Waals surface area contributed by atoms with E-state index in [0.29, 0.717) is 0 Å². The molecular formula is C13H11N3O5. The van der Waals surface area contributed by atoms with E-state index in [0.717, 1.165) is 5.56 Å². The Morgan fingerprint density at radius 1 is 1.00 bits per heavy atom. The van der Waals surface area contributed by atoms with Crippen LogP contribution in [-0.4, -0.2) is 9.85 Å². The van der Waals surface area contributed by atoms with Gasteiger partial charge in [0.1, 0.15) is 11.4 Å². The average Bonchev–Trinajstić information content (AvgIpc) is 2.37. The Hall–Kier alpha value is -3.16. The summed E-state index contributed by atoms with van der Waals surface area (Å²) >= 11 is 0. The number of anilines is 1. The van der Waals surface area contributed by atoms with Crippen LogP contribution in [0.15, 0.2) is 36.4 Å². The number of ether oxygens (including phenoxy) is 1. The van der Waals surface area contributed by atoms with E-state index in [1.165, 1.54) is 30.3 Å². The smallest absolute Gasteiger partial charge is 0.311 e. The minimum Gasteiger partial charge on any atom is -0.450 e. The molecule has 8 heteroatoms. The molecule has 21 heavy (non-hydrogen) atoms. The molecule has 0 atom stereocenters. The van der Waals surface area contributed by atoms with Crippen LogP contribution in [0.4, 0.5) is 17.1 Å². The molecule has 2 aromatic rings. The summed E-state index contributed by atoms with van der Waals surface area (Å²) in [5, 5.41) is 21.6. The van der Waals surface area contributed by atoms with Gasteiger partial charge in [-0.2, -0.15) is 0 Å². The highest BCUT2D eigenvalue weighted by atomic mass is 16.6. The van der Waals surface area contributed by atoms with Gasteiger partial charge in [0.2, 0.25) is 5.75 Å². The molecule has 0 fully saturated rings. The summed E-state index contributed by atoms with van der Waals surface area (Å²) in [6.07, 6.45) is 0. The number of hydrogen-bond donors (Lipinski definition) is 1. The van der Waals surface area contributed by atoms with Crippen LogP contribution in [0, 0.1) is 27.2 Å². The van der Waals surface area contributed by atoms with Crippen molar-refractivity contribution in [1.29, 1.82) is 0 Å². The summed E-state index contributed by atoms with van der Waals surface area (Å²) in [4.78, 5) is 20.4. The van der Waals surface area contributed by atoms with Gasteiger partial charge in [0.25, 0.3) is 5.69 Å². The number of nitrogens with zero attached hydrogens (tertiary/aromatic N) is 2. The molecule has 0 saturated heterocycles. The molecule has 0 aliphatic carbocycles. The second-order valence-corrected chi connectivity index (χ2v) is 4.31. The molecule has 0 heterocycles. The van der Waals surface area contributed by atoms with E-state index >= 15 is 0 Å². The Bertz CT molecular complexity index is 730. The summed E-state index contributed by atoms with van der Waals surface area (Å²) in [7, 11) is 0. The fourth-order valence-corrected chi connectivity index (χ4v) is 1.74. The van der Waals surface area contributed by atoms with Gasteiger partial charge in [0.05, 0.1) is 9.85 Å². The van der Waals surface area contributed by atoms with Gasteiger partial charge < -0.3 is 10.5 Å². The van der Waals surface area contributed by atoms with Crippen LogP contribution >= 0.6 is 0 Å². The maximum Gasteiger partial charge on any atom is 0.311 e. The van der Waals surface area contributed by atoms with E-state index < -0.39 is 9.85 Å². The van der Waals surface area contributed by atoms with Crippen LogP contribution in [0.1, 0.15) is 5.56 Å². The number of aryl methyl sites for hydroxylation is 1. The highest BCUT2D eigenvalue weighted by Crippen LogP contribution is 2.34. The van der Waals surface area contributed by atoms with Gasteiger partial charge in [0.15, 0.2) is 0 Å². The minimum atomic E-state index is -0.617. The first-order chi connectivity index (χ1) is 9.88. The Kier molecular flexibility index (Phi) is 3.70. The molecule has 0 radical (unpaired) electrons. The van der Waals surface area contributed by atoms with E-state index in [1.54, 1.807) is 13.0 Å². The van der Waals surface area contributed by atoms with Gasteiger partial charge in [-0.25, -0.2) is 0 Å². The van der Waals surface area contributed by atoms with Crippen LogP contribution in [0.2, 0.25) is 0 Å². The molecule has 0 aliphatic heterocycles. The molecule has 0 saturated carbocycles. The van der Waals surface area contributed by atoms with Gasteiger partial charge in [-0.15, -0.1) is 0 Å². The molecule has 0 spiro atoms. The molecule has 0 bridgehead atoms. The van der Waals surface area contributed by atoms with E-state index in [2.05, 4.69) is 0 Å².